The number of aliphatic carboxylic acids is 1. The number of hydrogen-bond donors (Lipinski definition) is 1. The first kappa shape index (κ1) is 17.4. The van der Waals surface area contributed by atoms with Crippen LogP contribution in [0, 0.1) is 0 Å². The second-order valence-corrected chi connectivity index (χ2v) is 3.81. The zero-order chi connectivity index (χ0) is 13.2. The fraction of sp³-hybridized carbons (Fsp3) is 0.200. The van der Waals surface area contributed by atoms with E-state index in [0.29, 0.717) is 18.4 Å². The molecule has 0 heterocycles. The number of ketones is 1. The summed E-state index contributed by atoms with van der Waals surface area (Å²) in [6.45, 7) is 0. The minimum absolute atomic E-state index is 0. The van der Waals surface area contributed by atoms with Crippen molar-refractivity contribution >= 4 is 11.8 Å². The zero-order valence-electron chi connectivity index (χ0n) is 10.4. The summed E-state index contributed by atoms with van der Waals surface area (Å²) < 4.78 is 0. The van der Waals surface area contributed by atoms with Gasteiger partial charge in [-0.05, 0) is 12.8 Å². The maximum absolute atomic E-state index is 11.3. The molecule has 0 radical (unpaired) electrons. The SMILES string of the molecule is O=C(O)CCCC(=O)c1ccc[cH-]1.[Fe+2].c1cc[cH-]c1. The Morgan fingerprint density at radius 1 is 1.05 bits per heavy atom. The molecular formula is C15H16FeO3. The molecule has 0 aromatic heterocycles. The predicted octanol–water partition coefficient (Wildman–Crippen LogP) is 3.25. The van der Waals surface area contributed by atoms with Crippen molar-refractivity contribution in [3.63, 3.8) is 0 Å². The van der Waals surface area contributed by atoms with Crippen molar-refractivity contribution in [3.8, 4) is 0 Å². The average molecular weight is 300 g/mol. The number of carbonyl (C=O) groups excluding carboxylic acids is 1. The Hall–Kier alpha value is -1.64. The van der Waals surface area contributed by atoms with Crippen molar-refractivity contribution in [1.29, 1.82) is 0 Å². The third kappa shape index (κ3) is 8.14. The number of carbonyl (C=O) groups is 2. The smallest absolute Gasteiger partial charge is 0.481 e. The predicted molar refractivity (Wildman–Crippen MR) is 69.9 cm³/mol. The fourth-order valence-corrected chi connectivity index (χ4v) is 1.43. The summed E-state index contributed by atoms with van der Waals surface area (Å²) in [5, 5.41) is 8.35. The maximum Gasteiger partial charge on any atom is 2.00 e. The Labute approximate surface area is 123 Å². The van der Waals surface area contributed by atoms with Crippen LogP contribution in [-0.2, 0) is 21.9 Å². The summed E-state index contributed by atoms with van der Waals surface area (Å²) in [5.41, 5.74) is 0.672. The first-order valence-corrected chi connectivity index (χ1v) is 5.83. The van der Waals surface area contributed by atoms with Gasteiger partial charge in [0.2, 0.25) is 0 Å². The third-order valence-corrected chi connectivity index (χ3v) is 2.33. The van der Waals surface area contributed by atoms with Crippen LogP contribution in [0.4, 0.5) is 0 Å². The first-order valence-electron chi connectivity index (χ1n) is 5.83. The van der Waals surface area contributed by atoms with Crippen molar-refractivity contribution in [3.05, 3.63) is 60.2 Å². The van der Waals surface area contributed by atoms with Crippen molar-refractivity contribution in [2.24, 2.45) is 0 Å². The van der Waals surface area contributed by atoms with Gasteiger partial charge >= 0.3 is 23.0 Å². The zero-order valence-corrected chi connectivity index (χ0v) is 11.5. The minimum Gasteiger partial charge on any atom is -0.481 e. The molecule has 0 saturated carbocycles. The quantitative estimate of drug-likeness (QED) is 0.524. The van der Waals surface area contributed by atoms with E-state index in [0.717, 1.165) is 0 Å². The van der Waals surface area contributed by atoms with Gasteiger partial charge in [0.25, 0.3) is 0 Å². The van der Waals surface area contributed by atoms with Gasteiger partial charge in [0.1, 0.15) is 0 Å². The van der Waals surface area contributed by atoms with Crippen LogP contribution in [0.5, 0.6) is 0 Å². The average Bonchev–Trinajstić information content (AvgIpc) is 3.05. The molecule has 0 amide bonds. The molecule has 2 aromatic rings. The fourth-order valence-electron chi connectivity index (χ4n) is 1.43. The van der Waals surface area contributed by atoms with Crippen LogP contribution in [0.3, 0.4) is 0 Å². The van der Waals surface area contributed by atoms with E-state index in [9.17, 15) is 9.59 Å². The molecule has 0 aliphatic heterocycles. The number of carboxylic acid groups (broad SMARTS) is 1. The van der Waals surface area contributed by atoms with E-state index < -0.39 is 5.97 Å². The Bertz CT molecular complexity index is 426. The molecule has 0 atom stereocenters. The molecule has 0 bridgehead atoms. The summed E-state index contributed by atoms with van der Waals surface area (Å²) in [5.74, 6) is -0.832. The molecule has 0 aliphatic rings. The first-order chi connectivity index (χ1) is 8.70. The summed E-state index contributed by atoms with van der Waals surface area (Å²) in [7, 11) is 0. The Balaban J connectivity index is 0.000000454. The normalized spacial score (nSPS) is 8.84. The van der Waals surface area contributed by atoms with Gasteiger partial charge in [-0.25, -0.2) is 12.1 Å². The van der Waals surface area contributed by atoms with E-state index in [2.05, 4.69) is 0 Å². The molecule has 0 saturated heterocycles. The molecule has 0 unspecified atom stereocenters. The molecule has 0 aliphatic carbocycles. The van der Waals surface area contributed by atoms with Crippen LogP contribution in [0.25, 0.3) is 0 Å². The molecule has 102 valence electrons. The standard InChI is InChI=1S/C10H11O3.C5H5.Fe/c11-9(6-3-7-10(12)13)8-4-1-2-5-8;1-2-4-5-3-1;/h1-2,4-5H,3,6-7H2,(H,12,13);1-5H;/q2*-1;+2. The Morgan fingerprint density at radius 2 is 1.74 bits per heavy atom. The van der Waals surface area contributed by atoms with E-state index in [1.807, 2.05) is 30.3 Å². The van der Waals surface area contributed by atoms with Crippen LogP contribution in [0.1, 0.15) is 29.6 Å². The maximum atomic E-state index is 11.3. The van der Waals surface area contributed by atoms with Gasteiger partial charge in [-0.3, -0.25) is 4.79 Å². The number of carboxylic acids is 1. The van der Waals surface area contributed by atoms with Gasteiger partial charge in [-0.15, -0.1) is 11.6 Å². The molecular weight excluding hydrogens is 284 g/mol. The minimum atomic E-state index is -0.852. The van der Waals surface area contributed by atoms with Crippen molar-refractivity contribution < 1.29 is 31.8 Å². The van der Waals surface area contributed by atoms with Crippen LogP contribution in [0.2, 0.25) is 0 Å². The molecule has 0 spiro atoms. The van der Waals surface area contributed by atoms with Gasteiger partial charge in [0.05, 0.1) is 5.78 Å². The molecule has 19 heavy (non-hydrogen) atoms. The Morgan fingerprint density at radius 3 is 2.16 bits per heavy atom. The second kappa shape index (κ2) is 10.3. The summed E-state index contributed by atoms with van der Waals surface area (Å²) in [6.07, 6.45) is 0.794. The van der Waals surface area contributed by atoms with Gasteiger partial charge in [-0.1, -0.05) is 0 Å². The van der Waals surface area contributed by atoms with Gasteiger partial charge in [0, 0.05) is 6.42 Å². The number of Topliss-reactive ketones (excluding diaryl/α,β-unsaturated/α-hetero) is 1. The Kier molecular flexibility index (Phi) is 9.41. The third-order valence-electron chi connectivity index (χ3n) is 2.33. The van der Waals surface area contributed by atoms with Crippen LogP contribution < -0.4 is 0 Å². The molecule has 4 heteroatoms. The van der Waals surface area contributed by atoms with Crippen molar-refractivity contribution in [1.82, 2.24) is 0 Å². The summed E-state index contributed by atoms with van der Waals surface area (Å²) in [6, 6.07) is 17.1. The van der Waals surface area contributed by atoms with E-state index in [1.165, 1.54) is 0 Å². The number of rotatable bonds is 5. The van der Waals surface area contributed by atoms with Crippen molar-refractivity contribution in [2.75, 3.05) is 0 Å². The van der Waals surface area contributed by atoms with Crippen molar-refractivity contribution in [2.45, 2.75) is 19.3 Å². The summed E-state index contributed by atoms with van der Waals surface area (Å²) in [4.78, 5) is 21.5. The van der Waals surface area contributed by atoms with Gasteiger partial charge < -0.3 is 9.90 Å². The van der Waals surface area contributed by atoms with E-state index in [4.69, 9.17) is 5.11 Å². The molecule has 0 fully saturated rings. The topological polar surface area (TPSA) is 54.4 Å². The largest absolute Gasteiger partial charge is 2.00 e. The van der Waals surface area contributed by atoms with E-state index in [1.54, 1.807) is 24.3 Å². The molecule has 3 nitrogen and oxygen atoms in total. The van der Waals surface area contributed by atoms with Crippen LogP contribution in [-0.4, -0.2) is 16.9 Å². The van der Waals surface area contributed by atoms with E-state index >= 15 is 0 Å². The van der Waals surface area contributed by atoms with Gasteiger partial charge in [-0.2, -0.15) is 36.4 Å². The second-order valence-electron chi connectivity index (χ2n) is 3.81. The summed E-state index contributed by atoms with van der Waals surface area (Å²) >= 11 is 0. The molecule has 1 N–H and O–H groups in total. The van der Waals surface area contributed by atoms with Gasteiger partial charge in [0.15, 0.2) is 0 Å². The van der Waals surface area contributed by atoms with Crippen LogP contribution in [0.15, 0.2) is 54.6 Å². The van der Waals surface area contributed by atoms with Crippen LogP contribution >= 0.6 is 0 Å². The monoisotopic (exact) mass is 300 g/mol. The molecule has 2 aromatic carbocycles. The number of hydrogen-bond acceptors (Lipinski definition) is 2. The van der Waals surface area contributed by atoms with E-state index in [-0.39, 0.29) is 29.3 Å². The molecule has 2 rings (SSSR count).